The summed E-state index contributed by atoms with van der Waals surface area (Å²) in [7, 11) is 0. The third kappa shape index (κ3) is 4.36. The Hall–Kier alpha value is -1.75. The number of rotatable bonds is 6. The van der Waals surface area contributed by atoms with Crippen LogP contribution in [0.5, 0.6) is 5.75 Å². The van der Waals surface area contributed by atoms with Crippen LogP contribution >= 0.6 is 11.6 Å². The van der Waals surface area contributed by atoms with Gasteiger partial charge in [0.05, 0.1) is 11.6 Å². The van der Waals surface area contributed by atoms with Gasteiger partial charge in [0, 0.05) is 6.04 Å². The highest BCUT2D eigenvalue weighted by Gasteiger charge is 2.28. The molecular weight excluding hydrogens is 292 g/mol. The van der Waals surface area contributed by atoms with Gasteiger partial charge in [0.25, 0.3) is 5.91 Å². The minimum atomic E-state index is -0.506. The normalized spacial score (nSPS) is 14.9. The molecule has 0 saturated heterocycles. The predicted molar refractivity (Wildman–Crippen MR) is 80.1 cm³/mol. The van der Waals surface area contributed by atoms with Gasteiger partial charge in [-0.1, -0.05) is 36.6 Å². The van der Waals surface area contributed by atoms with Crippen LogP contribution in [0.3, 0.4) is 0 Å². The Morgan fingerprint density at radius 2 is 1.95 bits per heavy atom. The third-order valence-electron chi connectivity index (χ3n) is 3.60. The molecule has 0 radical (unpaired) electrons. The summed E-state index contributed by atoms with van der Waals surface area (Å²) < 4.78 is 5.45. The summed E-state index contributed by atoms with van der Waals surface area (Å²) in [6.07, 6.45) is 3.95. The molecule has 2 amide bonds. The zero-order chi connectivity index (χ0) is 15.2. The number of carbonyl (C=O) groups excluding carboxylic acids is 2. The Labute approximate surface area is 129 Å². The van der Waals surface area contributed by atoms with Gasteiger partial charge in [-0.15, -0.1) is 0 Å². The average Bonchev–Trinajstić information content (AvgIpc) is 2.97. The van der Waals surface area contributed by atoms with Crippen molar-refractivity contribution in [3.63, 3.8) is 0 Å². The maximum absolute atomic E-state index is 12.3. The number of nitrogens with two attached hydrogens (primary N) is 1. The molecule has 1 saturated carbocycles. The second kappa shape index (κ2) is 7.31. The Balaban J connectivity index is 1.97. The largest absolute Gasteiger partial charge is 0.482 e. The number of hydrogen-bond acceptors (Lipinski definition) is 3. The van der Waals surface area contributed by atoms with Gasteiger partial charge in [-0.25, -0.2) is 0 Å². The number of halogens is 1. The highest BCUT2D eigenvalue weighted by Crippen LogP contribution is 2.25. The van der Waals surface area contributed by atoms with E-state index >= 15 is 0 Å². The maximum atomic E-state index is 12.3. The molecule has 0 atom stereocenters. The minimum absolute atomic E-state index is 0.0601. The van der Waals surface area contributed by atoms with Crippen molar-refractivity contribution >= 4 is 23.4 Å². The lowest BCUT2D eigenvalue weighted by Gasteiger charge is -2.27. The van der Waals surface area contributed by atoms with E-state index in [1.54, 1.807) is 24.3 Å². The molecule has 2 rings (SSSR count). The van der Waals surface area contributed by atoms with Crippen molar-refractivity contribution in [1.29, 1.82) is 0 Å². The molecule has 1 fully saturated rings. The number of primary amides is 1. The number of ether oxygens (including phenoxy) is 1. The molecule has 0 bridgehead atoms. The summed E-state index contributed by atoms with van der Waals surface area (Å²) >= 11 is 5.97. The molecule has 1 aliphatic carbocycles. The van der Waals surface area contributed by atoms with Crippen LogP contribution in [0.2, 0.25) is 5.02 Å². The lowest BCUT2D eigenvalue weighted by Crippen LogP contribution is -2.46. The number of benzene rings is 1. The van der Waals surface area contributed by atoms with E-state index in [-0.39, 0.29) is 25.1 Å². The molecule has 6 heteroatoms. The van der Waals surface area contributed by atoms with Crippen LogP contribution in [0.4, 0.5) is 0 Å². The molecule has 2 N–H and O–H groups in total. The smallest absolute Gasteiger partial charge is 0.261 e. The van der Waals surface area contributed by atoms with Crippen LogP contribution in [-0.2, 0) is 9.59 Å². The van der Waals surface area contributed by atoms with Gasteiger partial charge in [0.1, 0.15) is 5.75 Å². The van der Waals surface area contributed by atoms with E-state index < -0.39 is 5.91 Å². The molecule has 5 nitrogen and oxygen atoms in total. The molecule has 0 unspecified atom stereocenters. The van der Waals surface area contributed by atoms with Crippen molar-refractivity contribution in [2.45, 2.75) is 31.7 Å². The monoisotopic (exact) mass is 310 g/mol. The summed E-state index contributed by atoms with van der Waals surface area (Å²) in [5.74, 6) is -0.286. The van der Waals surface area contributed by atoms with E-state index in [1.165, 1.54) is 4.90 Å². The molecule has 1 aliphatic rings. The third-order valence-corrected chi connectivity index (χ3v) is 3.91. The van der Waals surface area contributed by atoms with E-state index in [0.717, 1.165) is 25.7 Å². The SMILES string of the molecule is NC(=O)CN(C(=O)COc1ccccc1Cl)C1CCCC1. The first-order chi connectivity index (χ1) is 10.1. The second-order valence-corrected chi connectivity index (χ2v) is 5.55. The van der Waals surface area contributed by atoms with Crippen LogP contribution in [0.1, 0.15) is 25.7 Å². The van der Waals surface area contributed by atoms with Gasteiger partial charge in [0.15, 0.2) is 6.61 Å². The van der Waals surface area contributed by atoms with Crippen molar-refractivity contribution in [1.82, 2.24) is 4.90 Å². The fourth-order valence-electron chi connectivity index (χ4n) is 2.59. The molecule has 1 aromatic carbocycles. The Morgan fingerprint density at radius 1 is 1.29 bits per heavy atom. The van der Waals surface area contributed by atoms with Crippen LogP contribution in [0.15, 0.2) is 24.3 Å². The maximum Gasteiger partial charge on any atom is 0.261 e. The van der Waals surface area contributed by atoms with Crippen LogP contribution in [0.25, 0.3) is 0 Å². The number of carbonyl (C=O) groups is 2. The highest BCUT2D eigenvalue weighted by atomic mass is 35.5. The van der Waals surface area contributed by atoms with E-state index in [9.17, 15) is 9.59 Å². The number of amides is 2. The Bertz CT molecular complexity index is 515. The fraction of sp³-hybridized carbons (Fsp3) is 0.467. The molecule has 0 spiro atoms. The molecule has 0 aromatic heterocycles. The quantitative estimate of drug-likeness (QED) is 0.873. The standard InChI is InChI=1S/C15H19ClN2O3/c16-12-7-3-4-8-13(12)21-10-15(20)18(9-14(17)19)11-5-1-2-6-11/h3-4,7-8,11H,1-2,5-6,9-10H2,(H2,17,19). The highest BCUT2D eigenvalue weighted by molar-refractivity contribution is 6.32. The Morgan fingerprint density at radius 3 is 2.57 bits per heavy atom. The molecule has 114 valence electrons. The summed E-state index contributed by atoms with van der Waals surface area (Å²) in [5, 5.41) is 0.451. The molecular formula is C15H19ClN2O3. The molecule has 21 heavy (non-hydrogen) atoms. The van der Waals surface area contributed by atoms with Gasteiger partial charge in [-0.3, -0.25) is 9.59 Å². The number of para-hydroxylation sites is 1. The van der Waals surface area contributed by atoms with E-state index in [4.69, 9.17) is 22.1 Å². The van der Waals surface area contributed by atoms with Gasteiger partial charge in [0.2, 0.25) is 5.91 Å². The fourth-order valence-corrected chi connectivity index (χ4v) is 2.78. The summed E-state index contributed by atoms with van der Waals surface area (Å²) in [4.78, 5) is 25.0. The molecule has 1 aromatic rings. The second-order valence-electron chi connectivity index (χ2n) is 5.15. The van der Waals surface area contributed by atoms with E-state index in [1.807, 2.05) is 0 Å². The first kappa shape index (κ1) is 15.6. The lowest BCUT2D eigenvalue weighted by molar-refractivity contribution is -0.139. The van der Waals surface area contributed by atoms with Gasteiger partial charge in [-0.2, -0.15) is 0 Å². The van der Waals surface area contributed by atoms with Gasteiger partial charge in [-0.05, 0) is 25.0 Å². The van der Waals surface area contributed by atoms with Crippen molar-refractivity contribution < 1.29 is 14.3 Å². The first-order valence-corrected chi connectivity index (χ1v) is 7.41. The van der Waals surface area contributed by atoms with Crippen LogP contribution < -0.4 is 10.5 Å². The molecule has 0 heterocycles. The summed E-state index contributed by atoms with van der Waals surface area (Å²) in [5.41, 5.74) is 5.24. The summed E-state index contributed by atoms with van der Waals surface area (Å²) in [6, 6.07) is 7.04. The van der Waals surface area contributed by atoms with Crippen LogP contribution in [0, 0.1) is 0 Å². The Kier molecular flexibility index (Phi) is 5.44. The van der Waals surface area contributed by atoms with E-state index in [2.05, 4.69) is 0 Å². The van der Waals surface area contributed by atoms with Crippen molar-refractivity contribution in [3.05, 3.63) is 29.3 Å². The lowest BCUT2D eigenvalue weighted by atomic mass is 10.2. The number of nitrogens with zero attached hydrogens (tertiary/aromatic N) is 1. The van der Waals surface area contributed by atoms with Crippen LogP contribution in [-0.4, -0.2) is 35.9 Å². The topological polar surface area (TPSA) is 72.6 Å². The first-order valence-electron chi connectivity index (χ1n) is 7.03. The zero-order valence-electron chi connectivity index (χ0n) is 11.8. The summed E-state index contributed by atoms with van der Waals surface area (Å²) in [6.45, 7) is -0.205. The average molecular weight is 311 g/mol. The van der Waals surface area contributed by atoms with Gasteiger partial charge >= 0.3 is 0 Å². The van der Waals surface area contributed by atoms with E-state index in [0.29, 0.717) is 10.8 Å². The predicted octanol–water partition coefficient (Wildman–Crippen LogP) is 1.98. The number of hydrogen-bond donors (Lipinski definition) is 1. The zero-order valence-corrected chi connectivity index (χ0v) is 12.5. The van der Waals surface area contributed by atoms with Crippen molar-refractivity contribution in [2.24, 2.45) is 5.73 Å². The van der Waals surface area contributed by atoms with Crippen molar-refractivity contribution in [3.8, 4) is 5.75 Å². The van der Waals surface area contributed by atoms with Crippen molar-refractivity contribution in [2.75, 3.05) is 13.2 Å². The minimum Gasteiger partial charge on any atom is -0.482 e. The molecule has 0 aliphatic heterocycles. The van der Waals surface area contributed by atoms with Gasteiger partial charge < -0.3 is 15.4 Å².